The number of anilines is 2. The average Bonchev–Trinajstić information content (AvgIpc) is 3.64. The summed E-state index contributed by atoms with van der Waals surface area (Å²) in [6.07, 6.45) is 8.70. The summed E-state index contributed by atoms with van der Waals surface area (Å²) in [6.45, 7) is 4.02. The lowest BCUT2D eigenvalue weighted by Gasteiger charge is -2.19. The SMILES string of the molecule is Clc1ccc2c(c1Nc1ncnc3cc(OCCN4CCCC4)cc(OC4CCCC4)c13)OCO2. The molecule has 0 unspecified atom stereocenters. The second-order valence-electron chi connectivity index (χ2n) is 9.24. The van der Waals surface area contributed by atoms with E-state index in [1.165, 1.54) is 32.0 Å². The van der Waals surface area contributed by atoms with E-state index in [0.29, 0.717) is 34.6 Å². The fraction of sp³-hybridized carbons (Fsp3) is 0.462. The molecule has 0 spiro atoms. The molecule has 1 N–H and O–H groups in total. The predicted octanol–water partition coefficient (Wildman–Crippen LogP) is 5.55. The van der Waals surface area contributed by atoms with E-state index in [2.05, 4.69) is 20.2 Å². The van der Waals surface area contributed by atoms with Crippen molar-refractivity contribution in [2.24, 2.45) is 0 Å². The lowest BCUT2D eigenvalue weighted by molar-refractivity contribution is 0.174. The lowest BCUT2D eigenvalue weighted by Crippen LogP contribution is -2.25. The first-order valence-corrected chi connectivity index (χ1v) is 12.8. The third-order valence-electron chi connectivity index (χ3n) is 6.88. The van der Waals surface area contributed by atoms with Gasteiger partial charge in [0.05, 0.1) is 22.0 Å². The van der Waals surface area contributed by atoms with E-state index in [9.17, 15) is 0 Å². The first-order valence-electron chi connectivity index (χ1n) is 12.4. The molecule has 1 aliphatic carbocycles. The van der Waals surface area contributed by atoms with Crippen molar-refractivity contribution in [2.75, 3.05) is 38.4 Å². The normalized spacial score (nSPS) is 17.9. The maximum absolute atomic E-state index is 6.53. The third-order valence-corrected chi connectivity index (χ3v) is 7.19. The molecule has 6 rings (SSSR count). The van der Waals surface area contributed by atoms with E-state index in [1.807, 2.05) is 12.1 Å². The fourth-order valence-electron chi connectivity index (χ4n) is 5.07. The van der Waals surface area contributed by atoms with Gasteiger partial charge in [-0.2, -0.15) is 0 Å². The average molecular weight is 497 g/mol. The van der Waals surface area contributed by atoms with Gasteiger partial charge >= 0.3 is 0 Å². The lowest BCUT2D eigenvalue weighted by atomic mass is 10.1. The Morgan fingerprint density at radius 1 is 1.06 bits per heavy atom. The van der Waals surface area contributed by atoms with Crippen LogP contribution in [0.5, 0.6) is 23.0 Å². The first kappa shape index (κ1) is 22.5. The van der Waals surface area contributed by atoms with Crippen LogP contribution in [0.4, 0.5) is 11.5 Å². The third kappa shape index (κ3) is 4.77. The Labute approximate surface area is 209 Å². The largest absolute Gasteiger partial charge is 0.492 e. The van der Waals surface area contributed by atoms with Crippen LogP contribution in [-0.2, 0) is 0 Å². The number of fused-ring (bicyclic) bond motifs is 2. The molecule has 3 aromatic rings. The summed E-state index contributed by atoms with van der Waals surface area (Å²) < 4.78 is 23.9. The Morgan fingerprint density at radius 3 is 2.77 bits per heavy atom. The van der Waals surface area contributed by atoms with Crippen LogP contribution in [0.1, 0.15) is 38.5 Å². The van der Waals surface area contributed by atoms with Crippen LogP contribution in [0.2, 0.25) is 5.02 Å². The van der Waals surface area contributed by atoms with Crippen molar-refractivity contribution in [3.05, 3.63) is 35.6 Å². The van der Waals surface area contributed by atoms with Crippen molar-refractivity contribution in [3.63, 3.8) is 0 Å². The summed E-state index contributed by atoms with van der Waals surface area (Å²) in [5.41, 5.74) is 1.36. The van der Waals surface area contributed by atoms with Crippen LogP contribution in [-0.4, -0.2) is 54.0 Å². The number of nitrogens with zero attached hydrogens (tertiary/aromatic N) is 3. The molecule has 3 heterocycles. The number of halogens is 1. The molecule has 2 aromatic carbocycles. The summed E-state index contributed by atoms with van der Waals surface area (Å²) in [7, 11) is 0. The number of nitrogens with one attached hydrogen (secondary N) is 1. The highest BCUT2D eigenvalue weighted by atomic mass is 35.5. The highest BCUT2D eigenvalue weighted by molar-refractivity contribution is 6.34. The molecule has 1 saturated carbocycles. The van der Waals surface area contributed by atoms with Crippen LogP contribution in [0.15, 0.2) is 30.6 Å². The fourth-order valence-corrected chi connectivity index (χ4v) is 5.26. The molecule has 8 nitrogen and oxygen atoms in total. The summed E-state index contributed by atoms with van der Waals surface area (Å²) in [5, 5.41) is 4.67. The van der Waals surface area contributed by atoms with Gasteiger partial charge in [0.1, 0.15) is 35.9 Å². The van der Waals surface area contributed by atoms with Crippen molar-refractivity contribution in [2.45, 2.75) is 44.6 Å². The number of benzene rings is 2. The number of hydrogen-bond acceptors (Lipinski definition) is 8. The standard InChI is InChI=1S/C26H29ClN4O4/c27-19-7-8-21-25(34-16-33-21)24(19)30-26-23-20(28-15-29-26)13-18(32-12-11-31-9-3-4-10-31)14-22(23)35-17-5-1-2-6-17/h7-8,13-15,17H,1-6,9-12,16H2,(H,28,29,30). The molecule has 184 valence electrons. The second kappa shape index (κ2) is 9.95. The van der Waals surface area contributed by atoms with E-state index in [1.54, 1.807) is 12.1 Å². The maximum atomic E-state index is 6.53. The zero-order chi connectivity index (χ0) is 23.6. The van der Waals surface area contributed by atoms with Gasteiger partial charge < -0.3 is 24.3 Å². The molecule has 9 heteroatoms. The van der Waals surface area contributed by atoms with Crippen molar-refractivity contribution >= 4 is 34.0 Å². The minimum absolute atomic E-state index is 0.156. The minimum atomic E-state index is 0.156. The molecule has 0 atom stereocenters. The molecule has 2 aliphatic heterocycles. The highest BCUT2D eigenvalue weighted by Gasteiger charge is 2.24. The number of aromatic nitrogens is 2. The molecule has 1 saturated heterocycles. The van der Waals surface area contributed by atoms with Crippen LogP contribution < -0.4 is 24.3 Å². The Kier molecular flexibility index (Phi) is 6.39. The van der Waals surface area contributed by atoms with E-state index in [4.69, 9.17) is 30.5 Å². The van der Waals surface area contributed by atoms with Gasteiger partial charge in [-0.15, -0.1) is 0 Å². The predicted molar refractivity (Wildman–Crippen MR) is 134 cm³/mol. The maximum Gasteiger partial charge on any atom is 0.231 e. The number of ether oxygens (including phenoxy) is 4. The Bertz CT molecular complexity index is 1210. The Hall–Kier alpha value is -2.97. The van der Waals surface area contributed by atoms with Gasteiger partial charge in [0.25, 0.3) is 0 Å². The van der Waals surface area contributed by atoms with Crippen molar-refractivity contribution in [1.29, 1.82) is 0 Å². The highest BCUT2D eigenvalue weighted by Crippen LogP contribution is 2.46. The number of hydrogen-bond donors (Lipinski definition) is 1. The summed E-state index contributed by atoms with van der Waals surface area (Å²) in [6, 6.07) is 7.50. The summed E-state index contributed by atoms with van der Waals surface area (Å²) in [4.78, 5) is 11.5. The van der Waals surface area contributed by atoms with E-state index >= 15 is 0 Å². The van der Waals surface area contributed by atoms with Gasteiger partial charge in [-0.05, 0) is 63.7 Å². The second-order valence-corrected chi connectivity index (χ2v) is 9.65. The minimum Gasteiger partial charge on any atom is -0.492 e. The van der Waals surface area contributed by atoms with Crippen LogP contribution in [0.25, 0.3) is 10.9 Å². The molecule has 0 amide bonds. The van der Waals surface area contributed by atoms with Gasteiger partial charge in [-0.3, -0.25) is 4.90 Å². The topological polar surface area (TPSA) is 78.0 Å². The molecule has 2 fully saturated rings. The molecular weight excluding hydrogens is 468 g/mol. The summed E-state index contributed by atoms with van der Waals surface area (Å²) >= 11 is 6.53. The Morgan fingerprint density at radius 2 is 1.91 bits per heavy atom. The molecular formula is C26H29ClN4O4. The zero-order valence-corrected chi connectivity index (χ0v) is 20.4. The molecule has 35 heavy (non-hydrogen) atoms. The van der Waals surface area contributed by atoms with E-state index in [-0.39, 0.29) is 12.9 Å². The zero-order valence-electron chi connectivity index (χ0n) is 19.6. The van der Waals surface area contributed by atoms with Gasteiger partial charge in [0.15, 0.2) is 11.5 Å². The quantitative estimate of drug-likeness (QED) is 0.435. The van der Waals surface area contributed by atoms with Crippen LogP contribution >= 0.6 is 11.6 Å². The summed E-state index contributed by atoms with van der Waals surface area (Å²) in [5.74, 6) is 3.28. The van der Waals surface area contributed by atoms with Gasteiger partial charge in [-0.25, -0.2) is 9.97 Å². The monoisotopic (exact) mass is 496 g/mol. The molecule has 3 aliphatic rings. The molecule has 0 radical (unpaired) electrons. The smallest absolute Gasteiger partial charge is 0.231 e. The number of rotatable bonds is 8. The molecule has 1 aromatic heterocycles. The van der Waals surface area contributed by atoms with Gasteiger partial charge in [-0.1, -0.05) is 11.6 Å². The van der Waals surface area contributed by atoms with Crippen LogP contribution in [0.3, 0.4) is 0 Å². The van der Waals surface area contributed by atoms with Crippen molar-refractivity contribution < 1.29 is 18.9 Å². The molecule has 0 bridgehead atoms. The number of likely N-dealkylation sites (tertiary alicyclic amines) is 1. The first-order chi connectivity index (χ1) is 17.2. The van der Waals surface area contributed by atoms with E-state index in [0.717, 1.165) is 54.9 Å². The van der Waals surface area contributed by atoms with Crippen molar-refractivity contribution in [3.8, 4) is 23.0 Å². The Balaban J connectivity index is 1.34. The van der Waals surface area contributed by atoms with Crippen LogP contribution in [0, 0.1) is 0 Å². The van der Waals surface area contributed by atoms with Gasteiger partial charge in [0.2, 0.25) is 6.79 Å². The van der Waals surface area contributed by atoms with E-state index < -0.39 is 0 Å². The van der Waals surface area contributed by atoms with Gasteiger partial charge in [0, 0.05) is 18.7 Å². The van der Waals surface area contributed by atoms with Crippen molar-refractivity contribution in [1.82, 2.24) is 14.9 Å².